The number of benzene rings is 1. The topological polar surface area (TPSA) is 21.3 Å². The number of hydrogen-bond donors (Lipinski definition) is 1. The highest BCUT2D eigenvalue weighted by molar-refractivity contribution is 5.22. The molecule has 1 rings (SSSR count). The van der Waals surface area contributed by atoms with E-state index < -0.39 is 11.6 Å². The highest BCUT2D eigenvalue weighted by Crippen LogP contribution is 2.21. The number of ether oxygens (including phenoxy) is 1. The predicted octanol–water partition coefficient (Wildman–Crippen LogP) is 2.69. The summed E-state index contributed by atoms with van der Waals surface area (Å²) >= 11 is 0. The standard InChI is InChI=1S/C13H19F2NO/c1-9(10(2)16-6-7-17-3)11-4-5-12(14)13(15)8-11/h4-5,8-10,16H,6-7H2,1-3H3. The molecule has 2 nitrogen and oxygen atoms in total. The lowest BCUT2D eigenvalue weighted by atomic mass is 9.94. The molecule has 0 aliphatic rings. The van der Waals surface area contributed by atoms with Gasteiger partial charge in [-0.05, 0) is 30.5 Å². The Morgan fingerprint density at radius 1 is 1.24 bits per heavy atom. The molecule has 0 aliphatic heterocycles. The van der Waals surface area contributed by atoms with Crippen LogP contribution in [0.5, 0.6) is 0 Å². The Bertz CT molecular complexity index is 357. The maximum absolute atomic E-state index is 13.1. The Balaban J connectivity index is 2.61. The largest absolute Gasteiger partial charge is 0.383 e. The fourth-order valence-corrected chi connectivity index (χ4v) is 1.65. The van der Waals surface area contributed by atoms with E-state index in [2.05, 4.69) is 5.32 Å². The van der Waals surface area contributed by atoms with Gasteiger partial charge in [0.15, 0.2) is 11.6 Å². The zero-order chi connectivity index (χ0) is 12.8. The summed E-state index contributed by atoms with van der Waals surface area (Å²) in [6.07, 6.45) is 0. The van der Waals surface area contributed by atoms with Gasteiger partial charge in [-0.15, -0.1) is 0 Å². The molecule has 2 unspecified atom stereocenters. The number of halogens is 2. The monoisotopic (exact) mass is 243 g/mol. The van der Waals surface area contributed by atoms with Crippen molar-refractivity contribution in [1.29, 1.82) is 0 Å². The van der Waals surface area contributed by atoms with Crippen LogP contribution in [0.2, 0.25) is 0 Å². The minimum absolute atomic E-state index is 0.113. The summed E-state index contributed by atoms with van der Waals surface area (Å²) in [5.41, 5.74) is 0.793. The van der Waals surface area contributed by atoms with Crippen LogP contribution in [0.4, 0.5) is 8.78 Å². The first-order chi connectivity index (χ1) is 8.06. The minimum atomic E-state index is -0.805. The van der Waals surface area contributed by atoms with Crippen molar-refractivity contribution in [2.45, 2.75) is 25.8 Å². The summed E-state index contributed by atoms with van der Waals surface area (Å²) in [6, 6.07) is 4.23. The molecule has 0 fully saturated rings. The van der Waals surface area contributed by atoms with Crippen molar-refractivity contribution in [1.82, 2.24) is 5.32 Å². The van der Waals surface area contributed by atoms with Gasteiger partial charge >= 0.3 is 0 Å². The second-order valence-electron chi connectivity index (χ2n) is 4.20. The van der Waals surface area contributed by atoms with Gasteiger partial charge in [-0.3, -0.25) is 0 Å². The lowest BCUT2D eigenvalue weighted by Gasteiger charge is -2.21. The van der Waals surface area contributed by atoms with Crippen LogP contribution in [0.15, 0.2) is 18.2 Å². The van der Waals surface area contributed by atoms with E-state index in [0.717, 1.165) is 12.1 Å². The molecule has 2 atom stereocenters. The lowest BCUT2D eigenvalue weighted by molar-refractivity contribution is 0.195. The highest BCUT2D eigenvalue weighted by Gasteiger charge is 2.15. The normalized spacial score (nSPS) is 14.6. The quantitative estimate of drug-likeness (QED) is 0.776. The Morgan fingerprint density at radius 3 is 2.53 bits per heavy atom. The van der Waals surface area contributed by atoms with Crippen molar-refractivity contribution in [2.24, 2.45) is 0 Å². The molecule has 0 saturated heterocycles. The van der Waals surface area contributed by atoms with Crippen LogP contribution in [-0.2, 0) is 4.74 Å². The van der Waals surface area contributed by atoms with Gasteiger partial charge in [-0.1, -0.05) is 13.0 Å². The molecule has 1 N–H and O–H groups in total. The summed E-state index contributed by atoms with van der Waals surface area (Å²) in [5.74, 6) is -1.48. The minimum Gasteiger partial charge on any atom is -0.383 e. The van der Waals surface area contributed by atoms with E-state index in [4.69, 9.17) is 4.74 Å². The fraction of sp³-hybridized carbons (Fsp3) is 0.538. The zero-order valence-corrected chi connectivity index (χ0v) is 10.5. The second kappa shape index (κ2) is 6.67. The lowest BCUT2D eigenvalue weighted by Crippen LogP contribution is -2.33. The van der Waals surface area contributed by atoms with Crippen molar-refractivity contribution in [2.75, 3.05) is 20.3 Å². The number of nitrogens with one attached hydrogen (secondary N) is 1. The van der Waals surface area contributed by atoms with Gasteiger partial charge in [0, 0.05) is 19.7 Å². The van der Waals surface area contributed by atoms with E-state index in [9.17, 15) is 8.78 Å². The summed E-state index contributed by atoms with van der Waals surface area (Å²) in [6.45, 7) is 5.37. The molecule has 0 heterocycles. The van der Waals surface area contributed by atoms with Gasteiger partial charge < -0.3 is 10.1 Å². The first kappa shape index (κ1) is 14.1. The van der Waals surface area contributed by atoms with Crippen LogP contribution in [0.3, 0.4) is 0 Å². The van der Waals surface area contributed by atoms with Crippen molar-refractivity contribution in [3.05, 3.63) is 35.4 Å². The van der Waals surface area contributed by atoms with Gasteiger partial charge in [0.1, 0.15) is 0 Å². The average molecular weight is 243 g/mol. The van der Waals surface area contributed by atoms with E-state index in [-0.39, 0.29) is 12.0 Å². The number of methoxy groups -OCH3 is 1. The van der Waals surface area contributed by atoms with Crippen LogP contribution in [-0.4, -0.2) is 26.3 Å². The smallest absolute Gasteiger partial charge is 0.159 e. The van der Waals surface area contributed by atoms with Gasteiger partial charge in [-0.25, -0.2) is 8.78 Å². The molecule has 0 radical (unpaired) electrons. The summed E-state index contributed by atoms with van der Waals surface area (Å²) < 4.78 is 30.8. The highest BCUT2D eigenvalue weighted by atomic mass is 19.2. The molecule has 1 aromatic carbocycles. The molecule has 0 aromatic heterocycles. The average Bonchev–Trinajstić information content (AvgIpc) is 2.32. The third-order valence-electron chi connectivity index (χ3n) is 2.99. The molecule has 1 aromatic rings. The van der Waals surface area contributed by atoms with E-state index in [1.54, 1.807) is 13.2 Å². The Hall–Kier alpha value is -1.00. The molecular weight excluding hydrogens is 224 g/mol. The Kier molecular flexibility index (Phi) is 5.51. The van der Waals surface area contributed by atoms with Crippen LogP contribution in [0, 0.1) is 11.6 Å². The molecule has 0 amide bonds. The predicted molar refractivity (Wildman–Crippen MR) is 64.1 cm³/mol. The third-order valence-corrected chi connectivity index (χ3v) is 2.99. The third kappa shape index (κ3) is 4.06. The van der Waals surface area contributed by atoms with Crippen molar-refractivity contribution in [3.63, 3.8) is 0 Å². The zero-order valence-electron chi connectivity index (χ0n) is 10.5. The van der Waals surface area contributed by atoms with E-state index in [1.165, 1.54) is 12.1 Å². The number of hydrogen-bond acceptors (Lipinski definition) is 2. The molecule has 96 valence electrons. The van der Waals surface area contributed by atoms with Crippen molar-refractivity contribution < 1.29 is 13.5 Å². The first-order valence-corrected chi connectivity index (χ1v) is 5.73. The van der Waals surface area contributed by atoms with Gasteiger partial charge in [0.05, 0.1) is 6.61 Å². The van der Waals surface area contributed by atoms with Crippen molar-refractivity contribution in [3.8, 4) is 0 Å². The number of rotatable bonds is 6. The first-order valence-electron chi connectivity index (χ1n) is 5.73. The Labute approximate surface area is 101 Å². The summed E-state index contributed by atoms with van der Waals surface area (Å²) in [7, 11) is 1.64. The second-order valence-corrected chi connectivity index (χ2v) is 4.20. The van der Waals surface area contributed by atoms with Crippen LogP contribution in [0.1, 0.15) is 25.3 Å². The summed E-state index contributed by atoms with van der Waals surface area (Å²) in [5, 5.41) is 3.27. The Morgan fingerprint density at radius 2 is 1.94 bits per heavy atom. The SMILES string of the molecule is COCCNC(C)C(C)c1ccc(F)c(F)c1. The van der Waals surface area contributed by atoms with Crippen LogP contribution in [0.25, 0.3) is 0 Å². The van der Waals surface area contributed by atoms with Crippen molar-refractivity contribution >= 4 is 0 Å². The molecule has 17 heavy (non-hydrogen) atoms. The molecule has 0 spiro atoms. The molecule has 4 heteroatoms. The van der Waals surface area contributed by atoms with E-state index in [1.807, 2.05) is 13.8 Å². The molecular formula is C13H19F2NO. The maximum Gasteiger partial charge on any atom is 0.159 e. The maximum atomic E-state index is 13.1. The molecule has 0 aliphatic carbocycles. The molecule has 0 bridgehead atoms. The van der Waals surface area contributed by atoms with Gasteiger partial charge in [-0.2, -0.15) is 0 Å². The van der Waals surface area contributed by atoms with E-state index in [0.29, 0.717) is 6.61 Å². The van der Waals surface area contributed by atoms with E-state index >= 15 is 0 Å². The fourth-order valence-electron chi connectivity index (χ4n) is 1.65. The summed E-state index contributed by atoms with van der Waals surface area (Å²) in [4.78, 5) is 0. The van der Waals surface area contributed by atoms with Crippen LogP contribution < -0.4 is 5.32 Å². The van der Waals surface area contributed by atoms with Crippen LogP contribution >= 0.6 is 0 Å². The van der Waals surface area contributed by atoms with Gasteiger partial charge in [0.25, 0.3) is 0 Å². The molecule has 0 saturated carbocycles. The van der Waals surface area contributed by atoms with Gasteiger partial charge in [0.2, 0.25) is 0 Å².